The standard InChI is InChI=1S/C18H19N5O2/c1-13-4-6-14(7-5-13)11-21-18(24)20-10-8-16-22-17(25-23-16)15-3-2-9-19-12-15/h2-7,9,12H,8,10-11H2,1H3,(H2,20,21,24). The van der Waals surface area contributed by atoms with Crippen LogP contribution in [-0.2, 0) is 13.0 Å². The Kier molecular flexibility index (Phi) is 5.36. The number of hydrogen-bond acceptors (Lipinski definition) is 5. The maximum Gasteiger partial charge on any atom is 0.315 e. The van der Waals surface area contributed by atoms with Crippen molar-refractivity contribution in [2.45, 2.75) is 19.9 Å². The smallest absolute Gasteiger partial charge is 0.315 e. The van der Waals surface area contributed by atoms with Gasteiger partial charge in [0.15, 0.2) is 5.82 Å². The number of aromatic nitrogens is 3. The summed E-state index contributed by atoms with van der Waals surface area (Å²) in [5, 5.41) is 9.50. The third-order valence-corrected chi connectivity index (χ3v) is 3.58. The highest BCUT2D eigenvalue weighted by Crippen LogP contribution is 2.14. The van der Waals surface area contributed by atoms with Crippen molar-refractivity contribution < 1.29 is 9.32 Å². The second kappa shape index (κ2) is 8.05. The molecule has 0 aliphatic carbocycles. The van der Waals surface area contributed by atoms with Gasteiger partial charge in [0, 0.05) is 31.9 Å². The Morgan fingerprint density at radius 1 is 1.16 bits per heavy atom. The first kappa shape index (κ1) is 16.6. The molecule has 1 aromatic carbocycles. The summed E-state index contributed by atoms with van der Waals surface area (Å²) in [7, 11) is 0. The van der Waals surface area contributed by atoms with Crippen molar-refractivity contribution in [2.24, 2.45) is 0 Å². The van der Waals surface area contributed by atoms with Gasteiger partial charge in [-0.1, -0.05) is 35.0 Å². The summed E-state index contributed by atoms with van der Waals surface area (Å²) >= 11 is 0. The molecule has 0 bridgehead atoms. The van der Waals surface area contributed by atoms with Gasteiger partial charge >= 0.3 is 6.03 Å². The minimum Gasteiger partial charge on any atom is -0.338 e. The number of carbonyl (C=O) groups excluding carboxylic acids is 1. The largest absolute Gasteiger partial charge is 0.338 e. The van der Waals surface area contributed by atoms with Crippen LogP contribution in [0.25, 0.3) is 11.5 Å². The highest BCUT2D eigenvalue weighted by atomic mass is 16.5. The number of nitrogens with zero attached hydrogens (tertiary/aromatic N) is 3. The number of benzene rings is 1. The molecule has 0 saturated heterocycles. The first-order valence-corrected chi connectivity index (χ1v) is 8.01. The molecular weight excluding hydrogens is 318 g/mol. The minimum absolute atomic E-state index is 0.225. The normalized spacial score (nSPS) is 10.4. The number of nitrogens with one attached hydrogen (secondary N) is 2. The van der Waals surface area contributed by atoms with Crippen LogP contribution in [0.2, 0.25) is 0 Å². The van der Waals surface area contributed by atoms with Gasteiger partial charge in [0.25, 0.3) is 5.89 Å². The van der Waals surface area contributed by atoms with Crippen LogP contribution >= 0.6 is 0 Å². The third kappa shape index (κ3) is 4.87. The molecule has 2 aromatic heterocycles. The van der Waals surface area contributed by atoms with E-state index in [4.69, 9.17) is 4.52 Å². The fourth-order valence-corrected chi connectivity index (χ4v) is 2.20. The molecule has 0 aliphatic heterocycles. The van der Waals surface area contributed by atoms with Gasteiger partial charge in [-0.15, -0.1) is 0 Å². The molecule has 128 valence electrons. The first-order valence-electron chi connectivity index (χ1n) is 8.01. The van der Waals surface area contributed by atoms with Gasteiger partial charge in [0.05, 0.1) is 5.56 Å². The van der Waals surface area contributed by atoms with Crippen molar-refractivity contribution in [1.82, 2.24) is 25.8 Å². The second-order valence-electron chi connectivity index (χ2n) is 5.60. The fourth-order valence-electron chi connectivity index (χ4n) is 2.20. The number of urea groups is 1. The third-order valence-electron chi connectivity index (χ3n) is 3.58. The lowest BCUT2D eigenvalue weighted by molar-refractivity contribution is 0.240. The lowest BCUT2D eigenvalue weighted by Gasteiger charge is -2.07. The topological polar surface area (TPSA) is 92.9 Å². The summed E-state index contributed by atoms with van der Waals surface area (Å²) in [6.07, 6.45) is 3.83. The van der Waals surface area contributed by atoms with Gasteiger partial charge in [-0.2, -0.15) is 4.98 Å². The molecule has 7 nitrogen and oxygen atoms in total. The molecule has 0 aliphatic rings. The average molecular weight is 337 g/mol. The molecule has 25 heavy (non-hydrogen) atoms. The van der Waals surface area contributed by atoms with E-state index < -0.39 is 0 Å². The van der Waals surface area contributed by atoms with Crippen molar-refractivity contribution in [3.05, 3.63) is 65.7 Å². The van der Waals surface area contributed by atoms with Crippen molar-refractivity contribution in [3.8, 4) is 11.5 Å². The van der Waals surface area contributed by atoms with E-state index >= 15 is 0 Å². The monoisotopic (exact) mass is 337 g/mol. The van der Waals surface area contributed by atoms with Crippen LogP contribution in [0.3, 0.4) is 0 Å². The Bertz CT molecular complexity index is 815. The molecule has 2 N–H and O–H groups in total. The van der Waals surface area contributed by atoms with E-state index in [0.717, 1.165) is 11.1 Å². The van der Waals surface area contributed by atoms with E-state index in [0.29, 0.717) is 31.2 Å². The zero-order valence-electron chi connectivity index (χ0n) is 13.9. The highest BCUT2D eigenvalue weighted by Gasteiger charge is 2.09. The number of pyridine rings is 1. The molecule has 0 fully saturated rings. The van der Waals surface area contributed by atoms with Gasteiger partial charge in [-0.25, -0.2) is 4.79 Å². The van der Waals surface area contributed by atoms with Gasteiger partial charge in [0.2, 0.25) is 0 Å². The van der Waals surface area contributed by atoms with Crippen molar-refractivity contribution in [3.63, 3.8) is 0 Å². The number of aryl methyl sites for hydroxylation is 1. The fraction of sp³-hybridized carbons (Fsp3) is 0.222. The van der Waals surface area contributed by atoms with Gasteiger partial charge < -0.3 is 15.2 Å². The van der Waals surface area contributed by atoms with Gasteiger partial charge in [-0.05, 0) is 24.6 Å². The zero-order chi connectivity index (χ0) is 17.5. The summed E-state index contributed by atoms with van der Waals surface area (Å²) in [5.74, 6) is 0.963. The Labute approximate surface area is 145 Å². The average Bonchev–Trinajstić information content (AvgIpc) is 3.11. The van der Waals surface area contributed by atoms with Crippen molar-refractivity contribution in [1.29, 1.82) is 0 Å². The molecular formula is C18H19N5O2. The van der Waals surface area contributed by atoms with Crippen LogP contribution in [0.4, 0.5) is 4.79 Å². The zero-order valence-corrected chi connectivity index (χ0v) is 13.9. The lowest BCUT2D eigenvalue weighted by atomic mass is 10.1. The molecule has 0 unspecified atom stereocenters. The second-order valence-corrected chi connectivity index (χ2v) is 5.60. The van der Waals surface area contributed by atoms with Crippen LogP contribution in [0.15, 0.2) is 53.3 Å². The van der Waals surface area contributed by atoms with Crippen molar-refractivity contribution in [2.75, 3.05) is 6.54 Å². The first-order chi connectivity index (χ1) is 12.2. The number of amides is 2. The maximum absolute atomic E-state index is 11.8. The Morgan fingerprint density at radius 3 is 2.76 bits per heavy atom. The molecule has 0 radical (unpaired) electrons. The Balaban J connectivity index is 1.41. The van der Waals surface area contributed by atoms with E-state index in [9.17, 15) is 4.79 Å². The Hall–Kier alpha value is -3.22. The van der Waals surface area contributed by atoms with E-state index in [1.54, 1.807) is 18.5 Å². The van der Waals surface area contributed by atoms with Crippen molar-refractivity contribution >= 4 is 6.03 Å². The maximum atomic E-state index is 11.8. The summed E-state index contributed by atoms with van der Waals surface area (Å²) in [6.45, 7) is 2.94. The van der Waals surface area contributed by atoms with E-state index in [1.165, 1.54) is 5.56 Å². The molecule has 7 heteroatoms. The predicted octanol–water partition coefficient (Wildman–Crippen LogP) is 2.48. The molecule has 0 atom stereocenters. The highest BCUT2D eigenvalue weighted by molar-refractivity contribution is 5.73. The molecule has 3 rings (SSSR count). The molecule has 2 amide bonds. The van der Waals surface area contributed by atoms with Crippen LogP contribution < -0.4 is 10.6 Å². The molecule has 0 saturated carbocycles. The number of rotatable bonds is 6. The summed E-state index contributed by atoms with van der Waals surface area (Å²) in [4.78, 5) is 20.1. The van der Waals surface area contributed by atoms with E-state index in [2.05, 4.69) is 25.8 Å². The minimum atomic E-state index is -0.225. The van der Waals surface area contributed by atoms with Crippen LogP contribution in [0, 0.1) is 6.92 Å². The predicted molar refractivity (Wildman–Crippen MR) is 92.7 cm³/mol. The lowest BCUT2D eigenvalue weighted by Crippen LogP contribution is -2.36. The summed E-state index contributed by atoms with van der Waals surface area (Å²) < 4.78 is 5.19. The van der Waals surface area contributed by atoms with E-state index in [-0.39, 0.29) is 6.03 Å². The summed E-state index contributed by atoms with van der Waals surface area (Å²) in [5.41, 5.74) is 3.02. The quantitative estimate of drug-likeness (QED) is 0.721. The SMILES string of the molecule is Cc1ccc(CNC(=O)NCCc2noc(-c3cccnc3)n2)cc1. The molecule has 2 heterocycles. The molecule has 3 aromatic rings. The van der Waals surface area contributed by atoms with Gasteiger partial charge in [0.1, 0.15) is 0 Å². The molecule has 0 spiro atoms. The number of hydrogen-bond donors (Lipinski definition) is 2. The van der Waals surface area contributed by atoms with E-state index in [1.807, 2.05) is 37.3 Å². The van der Waals surface area contributed by atoms with Crippen LogP contribution in [0.1, 0.15) is 17.0 Å². The van der Waals surface area contributed by atoms with Crippen LogP contribution in [0.5, 0.6) is 0 Å². The Morgan fingerprint density at radius 2 is 2.00 bits per heavy atom. The summed E-state index contributed by atoms with van der Waals surface area (Å²) in [6, 6.07) is 11.5. The van der Waals surface area contributed by atoms with Crippen LogP contribution in [-0.4, -0.2) is 27.7 Å². The number of carbonyl (C=O) groups is 1. The van der Waals surface area contributed by atoms with Gasteiger partial charge in [-0.3, -0.25) is 4.98 Å².